The number of aromatic carboxylic acids is 1. The van der Waals surface area contributed by atoms with Crippen molar-refractivity contribution >= 4 is 5.97 Å². The highest BCUT2D eigenvalue weighted by Crippen LogP contribution is 2.26. The largest absolute Gasteiger partial charge is 0.508 e. The number of H-pyrrole nitrogens is 1. The van der Waals surface area contributed by atoms with Gasteiger partial charge in [-0.1, -0.05) is 0 Å². The van der Waals surface area contributed by atoms with Crippen molar-refractivity contribution in [2.24, 2.45) is 0 Å². The number of aromatic hydroxyl groups is 1. The molecule has 2 rings (SSSR count). The van der Waals surface area contributed by atoms with E-state index in [1.165, 1.54) is 12.3 Å². The van der Waals surface area contributed by atoms with Crippen molar-refractivity contribution in [2.75, 3.05) is 0 Å². The van der Waals surface area contributed by atoms with Crippen LogP contribution in [-0.2, 0) is 0 Å². The molecule has 0 amide bonds. The summed E-state index contributed by atoms with van der Waals surface area (Å²) >= 11 is 0. The maximum absolute atomic E-state index is 13.1. The molecule has 0 aliphatic rings. The molecule has 0 aliphatic carbocycles. The number of halogens is 1. The van der Waals surface area contributed by atoms with Crippen molar-refractivity contribution in [1.29, 1.82) is 0 Å². The van der Waals surface area contributed by atoms with Crippen molar-refractivity contribution in [3.8, 4) is 16.9 Å². The molecular formula is C12H8FNO4. The molecule has 0 bridgehead atoms. The number of carboxylic acids is 1. The Morgan fingerprint density at radius 3 is 2.56 bits per heavy atom. The Hall–Kier alpha value is -2.63. The van der Waals surface area contributed by atoms with Crippen LogP contribution in [0.1, 0.15) is 10.4 Å². The van der Waals surface area contributed by atoms with Crippen molar-refractivity contribution in [2.45, 2.75) is 0 Å². The zero-order chi connectivity index (χ0) is 13.3. The van der Waals surface area contributed by atoms with E-state index in [1.54, 1.807) is 0 Å². The van der Waals surface area contributed by atoms with Gasteiger partial charge in [0.2, 0.25) is 5.56 Å². The average molecular weight is 249 g/mol. The van der Waals surface area contributed by atoms with E-state index in [1.807, 2.05) is 0 Å². The van der Waals surface area contributed by atoms with E-state index in [9.17, 15) is 19.1 Å². The van der Waals surface area contributed by atoms with Crippen LogP contribution in [0.2, 0.25) is 0 Å². The van der Waals surface area contributed by atoms with Gasteiger partial charge in [-0.2, -0.15) is 0 Å². The molecule has 0 aliphatic heterocycles. The highest BCUT2D eigenvalue weighted by atomic mass is 19.1. The fourth-order valence-corrected chi connectivity index (χ4v) is 1.62. The second-order valence-electron chi connectivity index (χ2n) is 3.63. The monoisotopic (exact) mass is 249 g/mol. The van der Waals surface area contributed by atoms with Crippen LogP contribution in [0.3, 0.4) is 0 Å². The van der Waals surface area contributed by atoms with Gasteiger partial charge < -0.3 is 15.2 Å². The average Bonchev–Trinajstić information content (AvgIpc) is 2.27. The lowest BCUT2D eigenvalue weighted by Crippen LogP contribution is -2.10. The summed E-state index contributed by atoms with van der Waals surface area (Å²) in [5, 5.41) is 18.3. The molecule has 0 fully saturated rings. The molecule has 1 aromatic heterocycles. The molecule has 5 nitrogen and oxygen atoms in total. The van der Waals surface area contributed by atoms with Gasteiger partial charge in [0.15, 0.2) is 0 Å². The molecule has 1 heterocycles. The van der Waals surface area contributed by atoms with Crippen LogP contribution in [0.25, 0.3) is 11.1 Å². The minimum atomic E-state index is -1.31. The number of carboxylic acid groups (broad SMARTS) is 1. The fraction of sp³-hybridized carbons (Fsp3) is 0. The Morgan fingerprint density at radius 1 is 1.22 bits per heavy atom. The number of carbonyl (C=O) groups is 1. The fourth-order valence-electron chi connectivity index (χ4n) is 1.62. The molecule has 18 heavy (non-hydrogen) atoms. The van der Waals surface area contributed by atoms with Crippen LogP contribution in [0.15, 0.2) is 35.3 Å². The predicted octanol–water partition coefficient (Wildman–Crippen LogP) is 1.58. The quantitative estimate of drug-likeness (QED) is 0.753. The van der Waals surface area contributed by atoms with Gasteiger partial charge in [-0.3, -0.25) is 4.79 Å². The van der Waals surface area contributed by atoms with E-state index in [-0.39, 0.29) is 22.4 Å². The lowest BCUT2D eigenvalue weighted by molar-refractivity contribution is 0.0697. The minimum Gasteiger partial charge on any atom is -0.508 e. The van der Waals surface area contributed by atoms with Gasteiger partial charge in [0.25, 0.3) is 0 Å². The molecule has 2 aromatic rings. The van der Waals surface area contributed by atoms with Crippen molar-refractivity contribution < 1.29 is 19.4 Å². The maximum Gasteiger partial charge on any atom is 0.336 e. The molecule has 0 saturated heterocycles. The smallest absolute Gasteiger partial charge is 0.336 e. The Bertz CT molecular complexity index is 658. The standard InChI is InChI=1S/C12H8FNO4/c13-7-1-6(2-8(15)3-7)10-5-14-11(16)4-9(10)12(17)18/h1-5,15H,(H,14,16)(H,17,18). The Kier molecular flexibility index (Phi) is 2.85. The number of benzene rings is 1. The summed E-state index contributed by atoms with van der Waals surface area (Å²) < 4.78 is 13.1. The van der Waals surface area contributed by atoms with Crippen LogP contribution < -0.4 is 5.56 Å². The molecule has 0 saturated carbocycles. The molecule has 6 heteroatoms. The zero-order valence-electron chi connectivity index (χ0n) is 8.98. The van der Waals surface area contributed by atoms with Crippen molar-refractivity contribution in [1.82, 2.24) is 4.98 Å². The topological polar surface area (TPSA) is 90.4 Å². The number of aromatic amines is 1. The molecule has 0 spiro atoms. The Balaban J connectivity index is 2.70. The molecule has 1 aromatic carbocycles. The number of rotatable bonds is 2. The first kappa shape index (κ1) is 11.8. The van der Waals surface area contributed by atoms with E-state index in [0.29, 0.717) is 0 Å². The number of phenolic OH excluding ortho intramolecular Hbond substituents is 1. The first-order valence-corrected chi connectivity index (χ1v) is 4.93. The van der Waals surface area contributed by atoms with Crippen molar-refractivity contribution in [3.63, 3.8) is 0 Å². The summed E-state index contributed by atoms with van der Waals surface area (Å²) in [7, 11) is 0. The maximum atomic E-state index is 13.1. The van der Waals surface area contributed by atoms with Gasteiger partial charge >= 0.3 is 5.97 Å². The Labute approximate surface area is 100 Å². The van der Waals surface area contributed by atoms with E-state index >= 15 is 0 Å². The first-order valence-electron chi connectivity index (χ1n) is 4.93. The molecular weight excluding hydrogens is 241 g/mol. The van der Waals surface area contributed by atoms with E-state index in [4.69, 9.17) is 5.11 Å². The van der Waals surface area contributed by atoms with Gasteiger partial charge in [-0.25, -0.2) is 9.18 Å². The third kappa shape index (κ3) is 2.22. The molecule has 0 unspecified atom stereocenters. The molecule has 0 atom stereocenters. The lowest BCUT2D eigenvalue weighted by Gasteiger charge is -2.06. The van der Waals surface area contributed by atoms with Crippen LogP contribution in [-0.4, -0.2) is 21.2 Å². The molecule has 3 N–H and O–H groups in total. The summed E-state index contributed by atoms with van der Waals surface area (Å²) in [6.45, 7) is 0. The third-order valence-corrected chi connectivity index (χ3v) is 2.35. The second kappa shape index (κ2) is 4.33. The predicted molar refractivity (Wildman–Crippen MR) is 61.1 cm³/mol. The minimum absolute atomic E-state index is 0.122. The third-order valence-electron chi connectivity index (χ3n) is 2.35. The summed E-state index contributed by atoms with van der Waals surface area (Å²) in [6.07, 6.45) is 1.17. The van der Waals surface area contributed by atoms with E-state index < -0.39 is 17.3 Å². The van der Waals surface area contributed by atoms with E-state index in [2.05, 4.69) is 4.98 Å². The summed E-state index contributed by atoms with van der Waals surface area (Å²) in [5.41, 5.74) is -0.543. The van der Waals surface area contributed by atoms with Gasteiger partial charge in [-0.05, 0) is 17.7 Å². The van der Waals surface area contributed by atoms with Crippen molar-refractivity contribution in [3.05, 3.63) is 52.2 Å². The zero-order valence-corrected chi connectivity index (χ0v) is 8.98. The summed E-state index contributed by atoms with van der Waals surface area (Å²) in [6, 6.07) is 4.08. The highest BCUT2D eigenvalue weighted by Gasteiger charge is 2.13. The molecule has 0 radical (unpaired) electrons. The second-order valence-corrected chi connectivity index (χ2v) is 3.63. The number of hydrogen-bond acceptors (Lipinski definition) is 3. The first-order chi connectivity index (χ1) is 8.47. The highest BCUT2D eigenvalue weighted by molar-refractivity contribution is 5.95. The number of phenols is 1. The lowest BCUT2D eigenvalue weighted by atomic mass is 10.0. The van der Waals surface area contributed by atoms with Gasteiger partial charge in [0.05, 0.1) is 5.56 Å². The number of pyridine rings is 1. The Morgan fingerprint density at radius 2 is 1.94 bits per heavy atom. The van der Waals surface area contributed by atoms with Crippen LogP contribution in [0, 0.1) is 5.82 Å². The normalized spacial score (nSPS) is 10.3. The van der Waals surface area contributed by atoms with Crippen LogP contribution in [0.4, 0.5) is 4.39 Å². The van der Waals surface area contributed by atoms with Gasteiger partial charge in [0, 0.05) is 23.9 Å². The molecule has 92 valence electrons. The summed E-state index contributed by atoms with van der Waals surface area (Å²) in [5.74, 6) is -2.33. The number of hydrogen-bond donors (Lipinski definition) is 3. The van der Waals surface area contributed by atoms with Crippen LogP contribution in [0.5, 0.6) is 5.75 Å². The summed E-state index contributed by atoms with van der Waals surface area (Å²) in [4.78, 5) is 24.4. The number of nitrogens with one attached hydrogen (secondary N) is 1. The van der Waals surface area contributed by atoms with E-state index in [0.717, 1.165) is 18.2 Å². The van der Waals surface area contributed by atoms with Gasteiger partial charge in [0.1, 0.15) is 11.6 Å². The number of aromatic nitrogens is 1. The van der Waals surface area contributed by atoms with Crippen LogP contribution >= 0.6 is 0 Å². The SMILES string of the molecule is O=C(O)c1cc(=O)[nH]cc1-c1cc(O)cc(F)c1. The van der Waals surface area contributed by atoms with Gasteiger partial charge in [-0.15, -0.1) is 0 Å².